The molecule has 2 aromatic carbocycles. The van der Waals surface area contributed by atoms with Crippen LogP contribution >= 0.6 is 23.1 Å². The molecule has 0 bridgehead atoms. The smallest absolute Gasteiger partial charge is 0.433 e. The van der Waals surface area contributed by atoms with Crippen LogP contribution in [-0.4, -0.2) is 17.9 Å². The van der Waals surface area contributed by atoms with Gasteiger partial charge < -0.3 is 4.74 Å². The van der Waals surface area contributed by atoms with Crippen molar-refractivity contribution in [3.05, 3.63) is 105 Å². The number of ketones is 1. The van der Waals surface area contributed by atoms with Crippen molar-refractivity contribution >= 4 is 35.0 Å². The number of ether oxygens (including phenoxy) is 1. The third-order valence-corrected chi connectivity index (χ3v) is 8.15. The van der Waals surface area contributed by atoms with Crippen molar-refractivity contribution in [1.82, 2.24) is 4.98 Å². The van der Waals surface area contributed by atoms with E-state index >= 15 is 0 Å². The molecule has 4 rings (SSSR count). The number of carbonyl (C=O) groups is 1. The number of allylic oxidation sites excluding steroid dienone is 1. The van der Waals surface area contributed by atoms with E-state index in [9.17, 15) is 23.2 Å². The molecule has 0 aliphatic heterocycles. The van der Waals surface area contributed by atoms with Gasteiger partial charge in [-0.1, -0.05) is 55.8 Å². The van der Waals surface area contributed by atoms with E-state index < -0.39 is 11.9 Å². The molecular weight excluding hydrogens is 553 g/mol. The molecule has 204 valence electrons. The Morgan fingerprint density at radius 2 is 1.90 bits per heavy atom. The molecule has 0 radical (unpaired) electrons. The number of methoxy groups -OCH3 is 1. The molecule has 0 unspecified atom stereocenters. The number of alkyl halides is 3. The predicted molar refractivity (Wildman–Crippen MR) is 154 cm³/mol. The molecule has 40 heavy (non-hydrogen) atoms. The Morgan fingerprint density at radius 1 is 1.12 bits per heavy atom. The molecule has 0 atom stereocenters. The summed E-state index contributed by atoms with van der Waals surface area (Å²) in [5.74, 6) is 0.632. The Morgan fingerprint density at radius 3 is 2.58 bits per heavy atom. The number of benzene rings is 2. The van der Waals surface area contributed by atoms with E-state index in [2.05, 4.69) is 11.9 Å². The molecule has 0 aliphatic rings. The summed E-state index contributed by atoms with van der Waals surface area (Å²) in [5, 5.41) is 9.88. The Bertz CT molecular complexity index is 1570. The van der Waals surface area contributed by atoms with E-state index in [0.29, 0.717) is 21.8 Å². The summed E-state index contributed by atoms with van der Waals surface area (Å²) in [4.78, 5) is 18.3. The lowest BCUT2D eigenvalue weighted by Crippen LogP contribution is -2.10. The largest absolute Gasteiger partial charge is 0.496 e. The number of carbonyl (C=O) groups excluding carboxylic acids is 1. The quantitative estimate of drug-likeness (QED) is 0.107. The summed E-state index contributed by atoms with van der Waals surface area (Å²) in [6.07, 6.45) is 0.473. The Labute approximate surface area is 239 Å². The topological polar surface area (TPSA) is 63.0 Å². The lowest BCUT2D eigenvalue weighted by atomic mass is 10.0. The average Bonchev–Trinajstić information content (AvgIpc) is 3.43. The number of aryl methyl sites for hydroxylation is 1. The van der Waals surface area contributed by atoms with Crippen LogP contribution in [0.15, 0.2) is 77.8 Å². The maximum atomic E-state index is 13.7. The number of nitrogens with zero attached hydrogens (tertiary/aromatic N) is 2. The van der Waals surface area contributed by atoms with Gasteiger partial charge in [-0.15, -0.1) is 23.1 Å². The highest BCUT2D eigenvalue weighted by atomic mass is 32.2. The van der Waals surface area contributed by atoms with Gasteiger partial charge in [0.2, 0.25) is 0 Å². The molecule has 0 fully saturated rings. The number of hydrogen-bond acceptors (Lipinski definition) is 6. The second kappa shape index (κ2) is 13.0. The summed E-state index contributed by atoms with van der Waals surface area (Å²) in [6.45, 7) is 2.09. The van der Waals surface area contributed by atoms with Crippen molar-refractivity contribution in [1.29, 1.82) is 5.26 Å². The minimum atomic E-state index is -4.68. The first-order chi connectivity index (χ1) is 19.2. The van der Waals surface area contributed by atoms with Gasteiger partial charge >= 0.3 is 6.18 Å². The normalized spacial score (nSPS) is 11.5. The van der Waals surface area contributed by atoms with Crippen LogP contribution in [0.4, 0.5) is 13.2 Å². The number of pyridine rings is 1. The minimum absolute atomic E-state index is 0.0186. The zero-order valence-electron chi connectivity index (χ0n) is 21.8. The van der Waals surface area contributed by atoms with Crippen molar-refractivity contribution in [2.24, 2.45) is 0 Å². The van der Waals surface area contributed by atoms with Crippen LogP contribution in [0.25, 0.3) is 17.2 Å². The molecule has 0 saturated heterocycles. The van der Waals surface area contributed by atoms with E-state index in [1.54, 1.807) is 48.5 Å². The van der Waals surface area contributed by atoms with Crippen LogP contribution in [0.3, 0.4) is 0 Å². The Hall–Kier alpha value is -3.87. The van der Waals surface area contributed by atoms with Gasteiger partial charge in [0.1, 0.15) is 22.5 Å². The highest BCUT2D eigenvalue weighted by molar-refractivity contribution is 7.98. The average molecular weight is 579 g/mol. The second-order valence-electron chi connectivity index (χ2n) is 8.78. The maximum absolute atomic E-state index is 13.7. The molecule has 0 spiro atoms. The van der Waals surface area contributed by atoms with Crippen molar-refractivity contribution < 1.29 is 22.7 Å². The molecule has 0 amide bonds. The van der Waals surface area contributed by atoms with Gasteiger partial charge in [-0.2, -0.15) is 18.4 Å². The van der Waals surface area contributed by atoms with Crippen molar-refractivity contribution in [3.8, 4) is 22.9 Å². The predicted octanol–water partition coefficient (Wildman–Crippen LogP) is 8.85. The van der Waals surface area contributed by atoms with Gasteiger partial charge in [0.05, 0.1) is 17.6 Å². The zero-order valence-corrected chi connectivity index (χ0v) is 23.4. The van der Waals surface area contributed by atoms with Crippen LogP contribution < -0.4 is 4.74 Å². The molecular formula is C31H25F3N2O2S2. The highest BCUT2D eigenvalue weighted by Crippen LogP contribution is 2.38. The van der Waals surface area contributed by atoms with Crippen LogP contribution in [-0.2, 0) is 18.3 Å². The Balaban J connectivity index is 1.62. The minimum Gasteiger partial charge on any atom is -0.496 e. The summed E-state index contributed by atoms with van der Waals surface area (Å²) in [7, 11) is 1.50. The second-order valence-corrected chi connectivity index (χ2v) is 10.9. The SMILES string of the molecule is CCCc1ccc(C(=O)/C=C/c2ccc(OC)c(CSc3nc(C(F)(F)F)cc(-c4ccccc4)c3C#N)c2)s1. The maximum Gasteiger partial charge on any atom is 0.433 e. The van der Waals surface area contributed by atoms with Crippen LogP contribution in [0.1, 0.15) is 50.3 Å². The van der Waals surface area contributed by atoms with E-state index in [4.69, 9.17) is 4.74 Å². The lowest BCUT2D eigenvalue weighted by Gasteiger charge is -2.15. The first kappa shape index (κ1) is 29.1. The summed E-state index contributed by atoms with van der Waals surface area (Å²) >= 11 is 2.51. The molecule has 0 saturated carbocycles. The van der Waals surface area contributed by atoms with Crippen molar-refractivity contribution in [2.75, 3.05) is 7.11 Å². The number of rotatable bonds is 10. The number of nitriles is 1. The van der Waals surface area contributed by atoms with Gasteiger partial charge in [0.25, 0.3) is 0 Å². The summed E-state index contributed by atoms with van der Waals surface area (Å²) in [5.41, 5.74) is 1.10. The van der Waals surface area contributed by atoms with Gasteiger partial charge in [-0.25, -0.2) is 4.98 Å². The van der Waals surface area contributed by atoms with Crippen molar-refractivity contribution in [3.63, 3.8) is 0 Å². The number of aromatic nitrogens is 1. The first-order valence-electron chi connectivity index (χ1n) is 12.4. The van der Waals surface area contributed by atoms with Gasteiger partial charge in [0.15, 0.2) is 5.78 Å². The molecule has 4 nitrogen and oxygen atoms in total. The standard InChI is InChI=1S/C31H25F3N2O2S2/c1-3-7-23-12-15-28(40-23)26(37)13-10-20-11-14-27(38-2)22(16-20)19-39-30-25(18-35)24(21-8-5-4-6-9-21)17-29(36-30)31(32,33)34/h4-6,8-17H,3,7,19H2,1-2H3/b13-10+. The molecule has 2 aromatic heterocycles. The van der Waals surface area contributed by atoms with Gasteiger partial charge in [-0.05, 0) is 54.0 Å². The van der Waals surface area contributed by atoms with E-state index in [0.717, 1.165) is 36.2 Å². The molecule has 0 aliphatic carbocycles. The fourth-order valence-corrected chi connectivity index (χ4v) is 6.04. The molecule has 2 heterocycles. The van der Waals surface area contributed by atoms with Crippen LogP contribution in [0.5, 0.6) is 5.75 Å². The Kier molecular flexibility index (Phi) is 9.46. The molecule has 9 heteroatoms. The fourth-order valence-electron chi connectivity index (χ4n) is 4.03. The molecule has 0 N–H and O–H groups in total. The first-order valence-corrected chi connectivity index (χ1v) is 14.2. The van der Waals surface area contributed by atoms with E-state index in [1.165, 1.54) is 29.4 Å². The summed E-state index contributed by atoms with van der Waals surface area (Å²) in [6, 6.07) is 20.6. The highest BCUT2D eigenvalue weighted by Gasteiger charge is 2.34. The third kappa shape index (κ3) is 7.00. The van der Waals surface area contributed by atoms with E-state index in [1.807, 2.05) is 24.3 Å². The van der Waals surface area contributed by atoms with Crippen LogP contribution in [0, 0.1) is 11.3 Å². The lowest BCUT2D eigenvalue weighted by molar-refractivity contribution is -0.141. The number of halogens is 3. The van der Waals surface area contributed by atoms with Gasteiger partial charge in [0, 0.05) is 21.8 Å². The van der Waals surface area contributed by atoms with Crippen molar-refractivity contribution in [2.45, 2.75) is 36.7 Å². The fraction of sp³-hybridized carbons (Fsp3) is 0.194. The van der Waals surface area contributed by atoms with Gasteiger partial charge in [-0.3, -0.25) is 4.79 Å². The van der Waals surface area contributed by atoms with E-state index in [-0.39, 0.29) is 27.7 Å². The number of hydrogen-bond donors (Lipinski definition) is 0. The zero-order chi connectivity index (χ0) is 28.7. The monoisotopic (exact) mass is 578 g/mol. The van der Waals surface area contributed by atoms with Crippen LogP contribution in [0.2, 0.25) is 0 Å². The summed E-state index contributed by atoms with van der Waals surface area (Å²) < 4.78 is 46.7. The number of thiophene rings is 1. The third-order valence-electron chi connectivity index (χ3n) is 5.97. The number of thioether (sulfide) groups is 1. The molecule has 4 aromatic rings.